The van der Waals surface area contributed by atoms with E-state index >= 15 is 0 Å². The average molecular weight is 265 g/mol. The second-order valence-corrected chi connectivity index (χ2v) is 5.17. The van der Waals surface area contributed by atoms with Gasteiger partial charge in [-0.3, -0.25) is 0 Å². The molecule has 2 rings (SSSR count). The number of aromatic nitrogens is 2. The Morgan fingerprint density at radius 3 is 2.89 bits per heavy atom. The third-order valence-corrected chi connectivity index (χ3v) is 3.56. The van der Waals surface area contributed by atoms with Crippen molar-refractivity contribution in [3.05, 3.63) is 17.6 Å². The number of likely N-dealkylation sites (N-methyl/N-ethyl adjacent to an activating group) is 1. The van der Waals surface area contributed by atoms with E-state index in [1.807, 2.05) is 11.9 Å². The van der Waals surface area contributed by atoms with Gasteiger partial charge in [0.15, 0.2) is 0 Å². The number of aliphatic hydroxyl groups is 1. The standard InChI is InChI=1S/C14H23N3O2/c1-17(8-11(18)9-19-2)14-12-6-4-3-5-7-13(12)15-10-16-14/h10-11,18H,3-9H2,1-2H3. The molecule has 1 N–H and O–H groups in total. The molecule has 1 aromatic heterocycles. The van der Waals surface area contributed by atoms with Crippen LogP contribution in [0.2, 0.25) is 0 Å². The maximum atomic E-state index is 9.83. The van der Waals surface area contributed by atoms with E-state index in [1.54, 1.807) is 13.4 Å². The third-order valence-electron chi connectivity index (χ3n) is 3.56. The van der Waals surface area contributed by atoms with E-state index in [2.05, 4.69) is 9.97 Å². The van der Waals surface area contributed by atoms with Crippen LogP contribution >= 0.6 is 0 Å². The molecule has 1 aromatic rings. The average Bonchev–Trinajstić information content (AvgIpc) is 2.63. The Labute approximate surface area is 114 Å². The highest BCUT2D eigenvalue weighted by Gasteiger charge is 2.18. The summed E-state index contributed by atoms with van der Waals surface area (Å²) in [5, 5.41) is 9.83. The van der Waals surface area contributed by atoms with Crippen LogP contribution in [0, 0.1) is 0 Å². The van der Waals surface area contributed by atoms with Crippen LogP contribution < -0.4 is 4.90 Å². The lowest BCUT2D eigenvalue weighted by molar-refractivity contribution is 0.0694. The fourth-order valence-electron chi connectivity index (χ4n) is 2.66. The second-order valence-electron chi connectivity index (χ2n) is 5.17. The number of fused-ring (bicyclic) bond motifs is 1. The zero-order valence-corrected chi connectivity index (χ0v) is 11.8. The summed E-state index contributed by atoms with van der Waals surface area (Å²) in [6, 6.07) is 0. The lowest BCUT2D eigenvalue weighted by atomic mass is 10.1. The summed E-state index contributed by atoms with van der Waals surface area (Å²) in [6.45, 7) is 0.870. The molecule has 5 nitrogen and oxygen atoms in total. The molecule has 0 fully saturated rings. The molecular weight excluding hydrogens is 242 g/mol. The number of ether oxygens (including phenoxy) is 1. The minimum absolute atomic E-state index is 0.345. The van der Waals surface area contributed by atoms with Crippen LogP contribution in [-0.4, -0.2) is 48.5 Å². The normalized spacial score (nSPS) is 16.6. The molecule has 0 saturated carbocycles. The first-order chi connectivity index (χ1) is 9.22. The van der Waals surface area contributed by atoms with Crippen LogP contribution in [0.3, 0.4) is 0 Å². The van der Waals surface area contributed by atoms with Gasteiger partial charge in [-0.1, -0.05) is 6.42 Å². The van der Waals surface area contributed by atoms with E-state index in [-0.39, 0.29) is 0 Å². The van der Waals surface area contributed by atoms with Gasteiger partial charge in [-0.25, -0.2) is 9.97 Å². The molecule has 0 amide bonds. The highest BCUT2D eigenvalue weighted by atomic mass is 16.5. The quantitative estimate of drug-likeness (QED) is 0.810. The highest BCUT2D eigenvalue weighted by molar-refractivity contribution is 5.48. The summed E-state index contributed by atoms with van der Waals surface area (Å²) in [5.74, 6) is 0.960. The first-order valence-electron chi connectivity index (χ1n) is 6.93. The Hall–Kier alpha value is -1.20. The predicted octanol–water partition coefficient (Wildman–Crippen LogP) is 1.19. The van der Waals surface area contributed by atoms with E-state index in [0.717, 1.165) is 18.7 Å². The van der Waals surface area contributed by atoms with Crippen molar-refractivity contribution in [2.75, 3.05) is 32.2 Å². The Kier molecular flexibility index (Phi) is 5.10. The van der Waals surface area contributed by atoms with E-state index in [1.165, 1.54) is 30.5 Å². The van der Waals surface area contributed by atoms with Gasteiger partial charge >= 0.3 is 0 Å². The van der Waals surface area contributed by atoms with Crippen molar-refractivity contribution in [1.82, 2.24) is 9.97 Å². The number of hydrogen-bond acceptors (Lipinski definition) is 5. The van der Waals surface area contributed by atoms with Gasteiger partial charge in [-0.15, -0.1) is 0 Å². The molecule has 0 bridgehead atoms. The second kappa shape index (κ2) is 6.82. The number of nitrogens with zero attached hydrogens (tertiary/aromatic N) is 3. The first kappa shape index (κ1) is 14.2. The number of rotatable bonds is 5. The molecular formula is C14H23N3O2. The number of aliphatic hydroxyl groups excluding tert-OH is 1. The SMILES string of the molecule is COCC(O)CN(C)c1ncnc2c1CCCCC2. The highest BCUT2D eigenvalue weighted by Crippen LogP contribution is 2.25. The molecule has 19 heavy (non-hydrogen) atoms. The van der Waals surface area contributed by atoms with Gasteiger partial charge in [-0.2, -0.15) is 0 Å². The monoisotopic (exact) mass is 265 g/mol. The number of anilines is 1. The molecule has 1 aliphatic carbocycles. The van der Waals surface area contributed by atoms with Crippen molar-refractivity contribution < 1.29 is 9.84 Å². The molecule has 0 aromatic carbocycles. The summed E-state index contributed by atoms with van der Waals surface area (Å²) >= 11 is 0. The van der Waals surface area contributed by atoms with Crippen LogP contribution in [0.5, 0.6) is 0 Å². The molecule has 106 valence electrons. The third kappa shape index (κ3) is 3.64. The van der Waals surface area contributed by atoms with Crippen molar-refractivity contribution in [2.45, 2.75) is 38.2 Å². The van der Waals surface area contributed by atoms with Gasteiger partial charge in [0.25, 0.3) is 0 Å². The van der Waals surface area contributed by atoms with Crippen molar-refractivity contribution >= 4 is 5.82 Å². The van der Waals surface area contributed by atoms with Gasteiger partial charge in [0, 0.05) is 32.0 Å². The predicted molar refractivity (Wildman–Crippen MR) is 74.4 cm³/mol. The summed E-state index contributed by atoms with van der Waals surface area (Å²) in [5.41, 5.74) is 2.43. The Bertz CT molecular complexity index is 412. The van der Waals surface area contributed by atoms with E-state index in [0.29, 0.717) is 13.2 Å². The zero-order valence-electron chi connectivity index (χ0n) is 11.8. The molecule has 0 radical (unpaired) electrons. The Morgan fingerprint density at radius 1 is 1.32 bits per heavy atom. The van der Waals surface area contributed by atoms with Crippen LogP contribution in [-0.2, 0) is 17.6 Å². The van der Waals surface area contributed by atoms with Gasteiger partial charge in [-0.05, 0) is 25.7 Å². The Balaban J connectivity index is 2.15. The van der Waals surface area contributed by atoms with Crippen LogP contribution in [0.25, 0.3) is 0 Å². The zero-order chi connectivity index (χ0) is 13.7. The van der Waals surface area contributed by atoms with Gasteiger partial charge in [0.1, 0.15) is 12.1 Å². The van der Waals surface area contributed by atoms with E-state index < -0.39 is 6.10 Å². The number of aryl methyl sites for hydroxylation is 1. The lowest BCUT2D eigenvalue weighted by Crippen LogP contribution is -2.33. The van der Waals surface area contributed by atoms with Crippen molar-refractivity contribution in [3.63, 3.8) is 0 Å². The Morgan fingerprint density at radius 2 is 2.11 bits per heavy atom. The van der Waals surface area contributed by atoms with Crippen LogP contribution in [0.1, 0.15) is 30.5 Å². The maximum absolute atomic E-state index is 9.83. The summed E-state index contributed by atoms with van der Waals surface area (Å²) in [7, 11) is 3.56. The minimum Gasteiger partial charge on any atom is -0.389 e. The van der Waals surface area contributed by atoms with Gasteiger partial charge in [0.05, 0.1) is 12.7 Å². The van der Waals surface area contributed by atoms with E-state index in [9.17, 15) is 5.11 Å². The van der Waals surface area contributed by atoms with Crippen LogP contribution in [0.15, 0.2) is 6.33 Å². The fourth-order valence-corrected chi connectivity index (χ4v) is 2.66. The molecule has 1 unspecified atom stereocenters. The molecule has 0 aliphatic heterocycles. The molecule has 1 heterocycles. The largest absolute Gasteiger partial charge is 0.389 e. The van der Waals surface area contributed by atoms with Crippen molar-refractivity contribution in [1.29, 1.82) is 0 Å². The van der Waals surface area contributed by atoms with Crippen molar-refractivity contribution in [2.24, 2.45) is 0 Å². The molecule has 1 atom stereocenters. The summed E-state index contributed by atoms with van der Waals surface area (Å²) in [6.07, 6.45) is 6.88. The lowest BCUT2D eigenvalue weighted by Gasteiger charge is -2.24. The smallest absolute Gasteiger partial charge is 0.135 e. The fraction of sp³-hybridized carbons (Fsp3) is 0.714. The summed E-state index contributed by atoms with van der Waals surface area (Å²) < 4.78 is 4.96. The number of methoxy groups -OCH3 is 1. The molecule has 0 spiro atoms. The molecule has 5 heteroatoms. The van der Waals surface area contributed by atoms with Gasteiger partial charge < -0.3 is 14.7 Å². The first-order valence-corrected chi connectivity index (χ1v) is 6.93. The number of hydrogen-bond donors (Lipinski definition) is 1. The van der Waals surface area contributed by atoms with Crippen molar-refractivity contribution in [3.8, 4) is 0 Å². The molecule has 0 saturated heterocycles. The van der Waals surface area contributed by atoms with E-state index in [4.69, 9.17) is 4.74 Å². The maximum Gasteiger partial charge on any atom is 0.135 e. The minimum atomic E-state index is -0.494. The van der Waals surface area contributed by atoms with Gasteiger partial charge in [0.2, 0.25) is 0 Å². The molecule has 1 aliphatic rings. The topological polar surface area (TPSA) is 58.5 Å². The summed E-state index contributed by atoms with van der Waals surface area (Å²) in [4.78, 5) is 10.8. The van der Waals surface area contributed by atoms with Crippen LogP contribution in [0.4, 0.5) is 5.82 Å².